The van der Waals surface area contributed by atoms with Crippen LogP contribution >= 0.6 is 11.6 Å². The fourth-order valence-corrected chi connectivity index (χ4v) is 2.78. The molecule has 0 saturated heterocycles. The Balaban J connectivity index is 1.70. The number of amides is 1. The molecule has 0 aliphatic rings. The summed E-state index contributed by atoms with van der Waals surface area (Å²) in [5, 5.41) is 29.3. The smallest absolute Gasteiger partial charge is 0.292 e. The second-order valence-electron chi connectivity index (χ2n) is 5.94. The normalized spacial score (nSPS) is 11.1. The summed E-state index contributed by atoms with van der Waals surface area (Å²) in [5.41, 5.74) is 9.35. The first kappa shape index (κ1) is 19.1. The number of anilines is 1. The molecule has 2 aromatic heterocycles. The van der Waals surface area contributed by atoms with Gasteiger partial charge in [-0.3, -0.25) is 4.79 Å². The Morgan fingerprint density at radius 2 is 2.03 bits per heavy atom. The van der Waals surface area contributed by atoms with Crippen molar-refractivity contribution >= 4 is 29.5 Å². The van der Waals surface area contributed by atoms with Gasteiger partial charge in [0.1, 0.15) is 11.4 Å². The quantitative estimate of drug-likeness (QED) is 0.324. The molecule has 30 heavy (non-hydrogen) atoms. The number of rotatable bonds is 5. The van der Waals surface area contributed by atoms with Crippen molar-refractivity contribution in [2.75, 3.05) is 5.73 Å². The SMILES string of the molecule is Nc1nonc1-n1nnc(-c2ccccc2)c1C(=O)NN=Cc1cc(Cl)ccc1O. The minimum Gasteiger partial charge on any atom is -0.507 e. The maximum atomic E-state index is 12.9. The Morgan fingerprint density at radius 1 is 1.23 bits per heavy atom. The van der Waals surface area contributed by atoms with Crippen LogP contribution < -0.4 is 11.2 Å². The first-order valence-corrected chi connectivity index (χ1v) is 8.84. The molecule has 0 fully saturated rings. The molecule has 0 saturated carbocycles. The number of nitrogens with two attached hydrogens (primary N) is 1. The van der Waals surface area contributed by atoms with E-state index in [4.69, 9.17) is 17.3 Å². The Labute approximate surface area is 173 Å². The van der Waals surface area contributed by atoms with Gasteiger partial charge in [-0.1, -0.05) is 47.1 Å². The molecule has 0 spiro atoms. The van der Waals surface area contributed by atoms with Crippen molar-refractivity contribution in [2.45, 2.75) is 0 Å². The first-order chi connectivity index (χ1) is 14.5. The van der Waals surface area contributed by atoms with Gasteiger partial charge in [0.25, 0.3) is 5.91 Å². The molecule has 0 atom stereocenters. The zero-order valence-corrected chi connectivity index (χ0v) is 15.9. The number of phenols is 1. The Morgan fingerprint density at radius 3 is 2.77 bits per heavy atom. The van der Waals surface area contributed by atoms with Crippen LogP contribution in [0.5, 0.6) is 5.75 Å². The lowest BCUT2D eigenvalue weighted by molar-refractivity contribution is 0.0947. The fraction of sp³-hybridized carbons (Fsp3) is 0. The topological polar surface area (TPSA) is 157 Å². The van der Waals surface area contributed by atoms with Gasteiger partial charge in [-0.15, -0.1) is 5.10 Å². The number of hydrogen-bond acceptors (Lipinski definition) is 9. The van der Waals surface area contributed by atoms with Crippen LogP contribution in [0.3, 0.4) is 0 Å². The third kappa shape index (κ3) is 3.69. The molecule has 2 aromatic carbocycles. The Bertz CT molecular complexity index is 1240. The van der Waals surface area contributed by atoms with Crippen LogP contribution in [0.1, 0.15) is 16.1 Å². The van der Waals surface area contributed by atoms with E-state index >= 15 is 0 Å². The number of nitrogens with one attached hydrogen (secondary N) is 1. The van der Waals surface area contributed by atoms with Crippen molar-refractivity contribution in [3.05, 3.63) is 64.8 Å². The van der Waals surface area contributed by atoms with Gasteiger partial charge < -0.3 is 10.8 Å². The average Bonchev–Trinajstić information content (AvgIpc) is 3.37. The summed E-state index contributed by atoms with van der Waals surface area (Å²) in [7, 11) is 0. The number of carbonyl (C=O) groups excluding carboxylic acids is 1. The molecule has 12 heteroatoms. The molecule has 4 aromatic rings. The van der Waals surface area contributed by atoms with Gasteiger partial charge in [0.2, 0.25) is 11.6 Å². The minimum atomic E-state index is -0.654. The van der Waals surface area contributed by atoms with Crippen LogP contribution in [0.4, 0.5) is 5.82 Å². The van der Waals surface area contributed by atoms with Crippen LogP contribution in [0, 0.1) is 0 Å². The monoisotopic (exact) mass is 424 g/mol. The van der Waals surface area contributed by atoms with E-state index in [1.165, 1.54) is 24.4 Å². The maximum Gasteiger partial charge on any atom is 0.292 e. The van der Waals surface area contributed by atoms with Crippen LogP contribution in [0.15, 0.2) is 58.3 Å². The highest BCUT2D eigenvalue weighted by Crippen LogP contribution is 2.24. The molecule has 4 N–H and O–H groups in total. The molecule has 4 rings (SSSR count). The van der Waals surface area contributed by atoms with Gasteiger partial charge in [-0.25, -0.2) is 10.1 Å². The Hall–Kier alpha value is -4.25. The van der Waals surface area contributed by atoms with Gasteiger partial charge in [0.15, 0.2) is 5.69 Å². The third-order valence-corrected chi connectivity index (χ3v) is 4.22. The average molecular weight is 425 g/mol. The van der Waals surface area contributed by atoms with E-state index in [9.17, 15) is 9.90 Å². The molecule has 0 bridgehead atoms. The predicted octanol–water partition coefficient (Wildman–Crippen LogP) is 2.02. The number of hydrogen-bond donors (Lipinski definition) is 3. The molecule has 0 aliphatic carbocycles. The largest absolute Gasteiger partial charge is 0.507 e. The molecule has 150 valence electrons. The van der Waals surface area contributed by atoms with E-state index in [-0.39, 0.29) is 28.8 Å². The summed E-state index contributed by atoms with van der Waals surface area (Å²) in [6.07, 6.45) is 1.25. The van der Waals surface area contributed by atoms with Crippen LogP contribution in [0.2, 0.25) is 5.02 Å². The van der Waals surface area contributed by atoms with E-state index < -0.39 is 5.91 Å². The zero-order valence-electron chi connectivity index (χ0n) is 15.1. The fourth-order valence-electron chi connectivity index (χ4n) is 2.60. The van der Waals surface area contributed by atoms with Crippen molar-refractivity contribution < 1.29 is 14.5 Å². The number of hydrazone groups is 1. The minimum absolute atomic E-state index is 0.00583. The van der Waals surface area contributed by atoms with Gasteiger partial charge >= 0.3 is 0 Å². The lowest BCUT2D eigenvalue weighted by atomic mass is 10.1. The standard InChI is InChI=1S/C18H13ClN8O3/c19-12-6-7-13(28)11(8-12)9-21-23-18(29)15-14(10-4-2-1-3-5-10)22-26-27(15)17-16(20)24-30-25-17/h1-9,28H,(H2,20,24)(H,23,29). The maximum absolute atomic E-state index is 12.9. The summed E-state index contributed by atoms with van der Waals surface area (Å²) < 4.78 is 5.70. The van der Waals surface area contributed by atoms with Gasteiger partial charge in [-0.2, -0.15) is 9.78 Å². The predicted molar refractivity (Wildman–Crippen MR) is 107 cm³/mol. The van der Waals surface area contributed by atoms with Gasteiger partial charge in [0.05, 0.1) is 6.21 Å². The highest BCUT2D eigenvalue weighted by atomic mass is 35.5. The van der Waals surface area contributed by atoms with E-state index in [1.54, 1.807) is 24.3 Å². The first-order valence-electron chi connectivity index (χ1n) is 8.46. The molecule has 0 radical (unpaired) electrons. The lowest BCUT2D eigenvalue weighted by Gasteiger charge is -2.05. The summed E-state index contributed by atoms with van der Waals surface area (Å²) in [5.74, 6) is -0.762. The number of aromatic hydroxyl groups is 1. The van der Waals surface area contributed by atoms with E-state index in [0.717, 1.165) is 4.68 Å². The second-order valence-corrected chi connectivity index (χ2v) is 6.38. The lowest BCUT2D eigenvalue weighted by Crippen LogP contribution is -2.22. The molecule has 0 unspecified atom stereocenters. The third-order valence-electron chi connectivity index (χ3n) is 3.99. The molecule has 1 amide bonds. The van der Waals surface area contributed by atoms with Crippen molar-refractivity contribution in [3.8, 4) is 22.8 Å². The van der Waals surface area contributed by atoms with E-state index in [0.29, 0.717) is 16.1 Å². The molecular formula is C18H13ClN8O3. The Kier molecular flexibility index (Phi) is 5.09. The van der Waals surface area contributed by atoms with Gasteiger partial charge in [0, 0.05) is 16.1 Å². The number of nitrogen functional groups attached to an aromatic ring is 1. The number of benzene rings is 2. The number of halogens is 1. The summed E-state index contributed by atoms with van der Waals surface area (Å²) in [6.45, 7) is 0. The number of carbonyl (C=O) groups is 1. The van der Waals surface area contributed by atoms with Gasteiger partial charge in [-0.05, 0) is 28.5 Å². The number of nitrogens with zero attached hydrogens (tertiary/aromatic N) is 6. The van der Waals surface area contributed by atoms with Crippen molar-refractivity contribution in [1.29, 1.82) is 0 Å². The van der Waals surface area contributed by atoms with Crippen LogP contribution in [0.25, 0.3) is 17.1 Å². The van der Waals surface area contributed by atoms with E-state index in [2.05, 4.69) is 35.8 Å². The summed E-state index contributed by atoms with van der Waals surface area (Å²) in [6, 6.07) is 13.4. The highest BCUT2D eigenvalue weighted by Gasteiger charge is 2.25. The molecule has 2 heterocycles. The molecule has 11 nitrogen and oxygen atoms in total. The number of aromatic nitrogens is 5. The van der Waals surface area contributed by atoms with Crippen molar-refractivity contribution in [2.24, 2.45) is 5.10 Å². The van der Waals surface area contributed by atoms with Crippen LogP contribution in [-0.2, 0) is 0 Å². The zero-order chi connectivity index (χ0) is 21.1. The summed E-state index contributed by atoms with van der Waals surface area (Å²) >= 11 is 5.91. The highest BCUT2D eigenvalue weighted by molar-refractivity contribution is 6.30. The summed E-state index contributed by atoms with van der Waals surface area (Å²) in [4.78, 5) is 12.9. The molecule has 0 aliphatic heterocycles. The van der Waals surface area contributed by atoms with Crippen LogP contribution in [-0.4, -0.2) is 42.5 Å². The van der Waals surface area contributed by atoms with E-state index in [1.807, 2.05) is 6.07 Å². The van der Waals surface area contributed by atoms with Crippen molar-refractivity contribution in [1.82, 2.24) is 30.7 Å². The molecular weight excluding hydrogens is 412 g/mol. The van der Waals surface area contributed by atoms with Crippen molar-refractivity contribution in [3.63, 3.8) is 0 Å². The number of phenolic OH excluding ortho intramolecular Hbond substituents is 1. The second kappa shape index (κ2) is 8.01.